The summed E-state index contributed by atoms with van der Waals surface area (Å²) in [7, 11) is 0. The summed E-state index contributed by atoms with van der Waals surface area (Å²) in [4.78, 5) is 18.5. The molecule has 0 unspecified atom stereocenters. The molecule has 1 aromatic carbocycles. The monoisotopic (exact) mass is 343 g/mol. The van der Waals surface area contributed by atoms with Crippen LogP contribution in [-0.4, -0.2) is 40.7 Å². The highest BCUT2D eigenvalue weighted by molar-refractivity contribution is 5.89. The van der Waals surface area contributed by atoms with E-state index >= 15 is 0 Å². The number of carbonyl (C=O) groups excluding carboxylic acids is 1. The lowest BCUT2D eigenvalue weighted by molar-refractivity contribution is 0.231. The number of benzene rings is 1. The van der Waals surface area contributed by atoms with Crippen LogP contribution in [0, 0.1) is 6.92 Å². The maximum Gasteiger partial charge on any atom is 0.319 e. The molecule has 2 N–H and O–H groups in total. The lowest BCUT2D eigenvalue weighted by atomic mass is 10.1. The molecule has 0 radical (unpaired) electrons. The van der Waals surface area contributed by atoms with Gasteiger partial charge >= 0.3 is 6.03 Å². The summed E-state index contributed by atoms with van der Waals surface area (Å²) in [5.74, 6) is 0.943. The molecule has 0 aliphatic carbocycles. The third-order valence-electron chi connectivity index (χ3n) is 4.35. The molecule has 1 aliphatic heterocycles. The van der Waals surface area contributed by atoms with Crippen molar-refractivity contribution in [1.82, 2.24) is 20.4 Å². The Morgan fingerprint density at radius 1 is 1.20 bits per heavy atom. The third-order valence-corrected chi connectivity index (χ3v) is 4.35. The summed E-state index contributed by atoms with van der Waals surface area (Å²) >= 11 is 0. The molecular formula is C18H25N5O2. The summed E-state index contributed by atoms with van der Waals surface area (Å²) in [5.41, 5.74) is 2.06. The first-order valence-electron chi connectivity index (χ1n) is 8.84. The van der Waals surface area contributed by atoms with Crippen LogP contribution < -0.4 is 10.6 Å². The molecule has 0 atom stereocenters. The van der Waals surface area contributed by atoms with Gasteiger partial charge in [-0.2, -0.15) is 4.98 Å². The SMILES string of the molecule is Cc1nc(CNC(=O)Nc2ccc(CCN3CCCCC3)cc2)no1. The second-order valence-corrected chi connectivity index (χ2v) is 6.39. The maximum atomic E-state index is 11.9. The maximum absolute atomic E-state index is 11.9. The van der Waals surface area contributed by atoms with Crippen molar-refractivity contribution < 1.29 is 9.32 Å². The molecule has 1 saturated heterocycles. The van der Waals surface area contributed by atoms with Crippen molar-refractivity contribution in [2.75, 3.05) is 25.0 Å². The first kappa shape index (κ1) is 17.4. The van der Waals surface area contributed by atoms with Crippen molar-refractivity contribution in [3.63, 3.8) is 0 Å². The first-order chi connectivity index (χ1) is 12.2. The first-order valence-corrected chi connectivity index (χ1v) is 8.84. The zero-order chi connectivity index (χ0) is 17.5. The second kappa shape index (κ2) is 8.62. The molecule has 1 fully saturated rings. The van der Waals surface area contributed by atoms with Crippen LogP contribution in [0.25, 0.3) is 0 Å². The Morgan fingerprint density at radius 3 is 2.64 bits per heavy atom. The van der Waals surface area contributed by atoms with E-state index in [-0.39, 0.29) is 12.6 Å². The van der Waals surface area contributed by atoms with E-state index in [2.05, 4.69) is 37.8 Å². The van der Waals surface area contributed by atoms with Gasteiger partial charge in [0.2, 0.25) is 5.89 Å². The van der Waals surface area contributed by atoms with Crippen molar-refractivity contribution in [3.05, 3.63) is 41.5 Å². The Morgan fingerprint density at radius 2 is 1.96 bits per heavy atom. The second-order valence-electron chi connectivity index (χ2n) is 6.39. The minimum Gasteiger partial charge on any atom is -0.340 e. The van der Waals surface area contributed by atoms with Gasteiger partial charge in [0.05, 0.1) is 6.54 Å². The van der Waals surface area contributed by atoms with Gasteiger partial charge in [0.1, 0.15) is 0 Å². The number of anilines is 1. The van der Waals surface area contributed by atoms with Gasteiger partial charge in [-0.3, -0.25) is 0 Å². The number of amides is 2. The molecule has 1 aliphatic rings. The Hall–Kier alpha value is -2.41. The molecule has 25 heavy (non-hydrogen) atoms. The molecule has 2 heterocycles. The summed E-state index contributed by atoms with van der Waals surface area (Å²) in [6, 6.07) is 7.72. The molecule has 1 aromatic heterocycles. The van der Waals surface area contributed by atoms with E-state index in [1.807, 2.05) is 12.1 Å². The van der Waals surface area contributed by atoms with E-state index in [1.165, 1.54) is 37.9 Å². The van der Waals surface area contributed by atoms with Crippen molar-refractivity contribution >= 4 is 11.7 Å². The van der Waals surface area contributed by atoms with E-state index in [9.17, 15) is 4.79 Å². The van der Waals surface area contributed by atoms with Gasteiger partial charge < -0.3 is 20.1 Å². The molecule has 7 nitrogen and oxygen atoms in total. The number of nitrogens with zero attached hydrogens (tertiary/aromatic N) is 3. The Kier molecular flexibility index (Phi) is 6.00. The minimum atomic E-state index is -0.288. The van der Waals surface area contributed by atoms with Gasteiger partial charge in [-0.25, -0.2) is 4.79 Å². The van der Waals surface area contributed by atoms with Crippen LogP contribution in [0.4, 0.5) is 10.5 Å². The number of hydrogen-bond donors (Lipinski definition) is 2. The Balaban J connectivity index is 1.41. The summed E-state index contributed by atoms with van der Waals surface area (Å²) in [6.45, 7) is 5.50. The topological polar surface area (TPSA) is 83.3 Å². The summed E-state index contributed by atoms with van der Waals surface area (Å²) in [6.07, 6.45) is 5.05. The predicted molar refractivity (Wildman–Crippen MR) is 95.3 cm³/mol. The Labute approximate surface area is 147 Å². The summed E-state index contributed by atoms with van der Waals surface area (Å²) < 4.78 is 4.86. The van der Waals surface area contributed by atoms with Crippen LogP contribution >= 0.6 is 0 Å². The number of aryl methyl sites for hydroxylation is 1. The van der Waals surface area contributed by atoms with Crippen LogP contribution in [0.2, 0.25) is 0 Å². The van der Waals surface area contributed by atoms with Gasteiger partial charge in [-0.05, 0) is 50.0 Å². The van der Waals surface area contributed by atoms with Gasteiger partial charge in [0.25, 0.3) is 0 Å². The molecule has 3 rings (SSSR count). The van der Waals surface area contributed by atoms with E-state index in [0.717, 1.165) is 18.7 Å². The van der Waals surface area contributed by atoms with Crippen molar-refractivity contribution in [2.45, 2.75) is 39.2 Å². The quantitative estimate of drug-likeness (QED) is 0.842. The van der Waals surface area contributed by atoms with Gasteiger partial charge in [0.15, 0.2) is 5.82 Å². The number of likely N-dealkylation sites (tertiary alicyclic amines) is 1. The number of nitrogens with one attached hydrogen (secondary N) is 2. The summed E-state index contributed by atoms with van der Waals surface area (Å²) in [5, 5.41) is 9.24. The van der Waals surface area contributed by atoms with E-state index in [1.54, 1.807) is 6.92 Å². The van der Waals surface area contributed by atoms with Crippen molar-refractivity contribution in [1.29, 1.82) is 0 Å². The third kappa shape index (κ3) is 5.56. The minimum absolute atomic E-state index is 0.233. The fraction of sp³-hybridized carbons (Fsp3) is 0.500. The Bertz CT molecular complexity index is 677. The van der Waals surface area contributed by atoms with E-state index in [4.69, 9.17) is 4.52 Å². The van der Waals surface area contributed by atoms with Gasteiger partial charge in [-0.15, -0.1) is 0 Å². The molecule has 0 bridgehead atoms. The zero-order valence-corrected chi connectivity index (χ0v) is 14.6. The van der Waals surface area contributed by atoms with Crippen LogP contribution in [0.5, 0.6) is 0 Å². The van der Waals surface area contributed by atoms with Crippen molar-refractivity contribution in [3.8, 4) is 0 Å². The van der Waals surface area contributed by atoms with Crippen LogP contribution in [0.1, 0.15) is 36.5 Å². The van der Waals surface area contributed by atoms with Gasteiger partial charge in [-0.1, -0.05) is 23.7 Å². The molecule has 0 saturated carbocycles. The average Bonchev–Trinajstić information content (AvgIpc) is 3.06. The highest BCUT2D eigenvalue weighted by Gasteiger charge is 2.10. The highest BCUT2D eigenvalue weighted by atomic mass is 16.5. The molecule has 7 heteroatoms. The van der Waals surface area contributed by atoms with Gasteiger partial charge in [0, 0.05) is 19.2 Å². The van der Waals surface area contributed by atoms with Crippen LogP contribution in [0.3, 0.4) is 0 Å². The number of rotatable bonds is 6. The normalized spacial score (nSPS) is 15.1. The average molecular weight is 343 g/mol. The highest BCUT2D eigenvalue weighted by Crippen LogP contribution is 2.13. The number of aromatic nitrogens is 2. The molecule has 2 amide bonds. The predicted octanol–water partition coefficient (Wildman–Crippen LogP) is 2.73. The molecular weight excluding hydrogens is 318 g/mol. The van der Waals surface area contributed by atoms with E-state index < -0.39 is 0 Å². The van der Waals surface area contributed by atoms with E-state index in [0.29, 0.717) is 11.7 Å². The van der Waals surface area contributed by atoms with Crippen LogP contribution in [-0.2, 0) is 13.0 Å². The number of piperidine rings is 1. The molecule has 134 valence electrons. The number of carbonyl (C=O) groups is 1. The zero-order valence-electron chi connectivity index (χ0n) is 14.6. The smallest absolute Gasteiger partial charge is 0.319 e. The number of hydrogen-bond acceptors (Lipinski definition) is 5. The molecule has 2 aromatic rings. The number of urea groups is 1. The lowest BCUT2D eigenvalue weighted by Crippen LogP contribution is -2.31. The molecule has 0 spiro atoms. The fourth-order valence-corrected chi connectivity index (χ4v) is 2.97. The van der Waals surface area contributed by atoms with Crippen molar-refractivity contribution in [2.24, 2.45) is 0 Å². The lowest BCUT2D eigenvalue weighted by Gasteiger charge is -2.26. The van der Waals surface area contributed by atoms with Crippen LogP contribution in [0.15, 0.2) is 28.8 Å². The fourth-order valence-electron chi connectivity index (χ4n) is 2.97. The largest absolute Gasteiger partial charge is 0.340 e. The standard InChI is InChI=1S/C18H25N5O2/c1-14-20-17(22-25-14)13-19-18(24)21-16-7-5-15(6-8-16)9-12-23-10-3-2-4-11-23/h5-8H,2-4,9-13H2,1H3,(H2,19,21,24).